The molecule has 0 bridgehead atoms. The SMILES string of the molecule is CCC(=O)C1C[C@@H]1c1ccccc1. The van der Waals surface area contributed by atoms with Crippen molar-refractivity contribution in [2.24, 2.45) is 5.92 Å². The zero-order valence-corrected chi connectivity index (χ0v) is 7.86. The molecule has 1 heteroatoms. The maximum absolute atomic E-state index is 11.4. The van der Waals surface area contributed by atoms with E-state index < -0.39 is 0 Å². The average molecular weight is 174 g/mol. The second kappa shape index (κ2) is 3.33. The summed E-state index contributed by atoms with van der Waals surface area (Å²) in [6, 6.07) is 10.3. The molecule has 68 valence electrons. The van der Waals surface area contributed by atoms with Gasteiger partial charge in [-0.1, -0.05) is 37.3 Å². The van der Waals surface area contributed by atoms with Crippen molar-refractivity contribution >= 4 is 5.78 Å². The van der Waals surface area contributed by atoms with Gasteiger partial charge in [-0.3, -0.25) is 4.79 Å². The van der Waals surface area contributed by atoms with E-state index in [9.17, 15) is 4.79 Å². The van der Waals surface area contributed by atoms with E-state index in [2.05, 4.69) is 12.1 Å². The van der Waals surface area contributed by atoms with Gasteiger partial charge in [0.25, 0.3) is 0 Å². The van der Waals surface area contributed by atoms with Crippen LogP contribution in [0.4, 0.5) is 0 Å². The number of carbonyl (C=O) groups is 1. The Morgan fingerprint density at radius 3 is 2.69 bits per heavy atom. The third-order valence-corrected chi connectivity index (χ3v) is 2.78. The van der Waals surface area contributed by atoms with Crippen molar-refractivity contribution in [3.05, 3.63) is 35.9 Å². The van der Waals surface area contributed by atoms with Gasteiger partial charge in [-0.05, 0) is 17.9 Å². The van der Waals surface area contributed by atoms with Crippen molar-refractivity contribution in [2.45, 2.75) is 25.7 Å². The summed E-state index contributed by atoms with van der Waals surface area (Å²) in [6.07, 6.45) is 1.75. The Labute approximate surface area is 78.8 Å². The van der Waals surface area contributed by atoms with Crippen molar-refractivity contribution in [3.8, 4) is 0 Å². The lowest BCUT2D eigenvalue weighted by molar-refractivity contribution is -0.120. The van der Waals surface area contributed by atoms with Crippen LogP contribution < -0.4 is 0 Å². The lowest BCUT2D eigenvalue weighted by atomic mass is 10.1. The zero-order valence-electron chi connectivity index (χ0n) is 7.86. The molecule has 13 heavy (non-hydrogen) atoms. The van der Waals surface area contributed by atoms with Crippen molar-refractivity contribution in [1.82, 2.24) is 0 Å². The van der Waals surface area contributed by atoms with Gasteiger partial charge < -0.3 is 0 Å². The molecule has 1 fully saturated rings. The summed E-state index contributed by atoms with van der Waals surface area (Å²) in [7, 11) is 0. The smallest absolute Gasteiger partial charge is 0.136 e. The molecular weight excluding hydrogens is 160 g/mol. The third kappa shape index (κ3) is 1.64. The summed E-state index contributed by atoms with van der Waals surface area (Å²) in [5, 5.41) is 0. The van der Waals surface area contributed by atoms with Crippen molar-refractivity contribution in [2.75, 3.05) is 0 Å². The largest absolute Gasteiger partial charge is 0.299 e. The number of benzene rings is 1. The van der Waals surface area contributed by atoms with Crippen LogP contribution in [0.2, 0.25) is 0 Å². The molecule has 1 aromatic carbocycles. The summed E-state index contributed by atoms with van der Waals surface area (Å²) in [5.41, 5.74) is 1.33. The molecule has 0 amide bonds. The molecule has 0 aromatic heterocycles. The highest BCUT2D eigenvalue weighted by molar-refractivity contribution is 5.84. The predicted molar refractivity (Wildman–Crippen MR) is 52.6 cm³/mol. The number of hydrogen-bond acceptors (Lipinski definition) is 1. The highest BCUT2D eigenvalue weighted by Crippen LogP contribution is 2.48. The number of carbonyl (C=O) groups excluding carboxylic acids is 1. The first kappa shape index (κ1) is 8.49. The Hall–Kier alpha value is -1.11. The van der Waals surface area contributed by atoms with E-state index >= 15 is 0 Å². The molecule has 1 aromatic rings. The molecule has 0 N–H and O–H groups in total. The van der Waals surface area contributed by atoms with E-state index in [0.717, 1.165) is 6.42 Å². The maximum Gasteiger partial charge on any atom is 0.136 e. The maximum atomic E-state index is 11.4. The molecule has 0 saturated heterocycles. The monoisotopic (exact) mass is 174 g/mol. The van der Waals surface area contributed by atoms with Gasteiger partial charge >= 0.3 is 0 Å². The standard InChI is InChI=1S/C12H14O/c1-2-12(13)11-8-10(11)9-6-4-3-5-7-9/h3-7,10-11H,2,8H2,1H3/t10-,11?/m1/s1. The minimum Gasteiger partial charge on any atom is -0.299 e. The highest BCUT2D eigenvalue weighted by Gasteiger charge is 2.42. The first-order valence-electron chi connectivity index (χ1n) is 4.90. The predicted octanol–water partition coefficient (Wildman–Crippen LogP) is 2.77. The molecule has 2 rings (SSSR count). The van der Waals surface area contributed by atoms with E-state index in [4.69, 9.17) is 0 Å². The number of Topliss-reactive ketones (excluding diaryl/α,β-unsaturated/α-hetero) is 1. The van der Waals surface area contributed by atoms with Crippen LogP contribution in [0.25, 0.3) is 0 Å². The molecule has 0 aliphatic heterocycles. The van der Waals surface area contributed by atoms with Crippen molar-refractivity contribution in [3.63, 3.8) is 0 Å². The Morgan fingerprint density at radius 2 is 2.08 bits per heavy atom. The van der Waals surface area contributed by atoms with Crippen LogP contribution in [0.5, 0.6) is 0 Å². The van der Waals surface area contributed by atoms with Gasteiger partial charge in [0.15, 0.2) is 0 Å². The molecular formula is C12H14O. The number of ketones is 1. The highest BCUT2D eigenvalue weighted by atomic mass is 16.1. The van der Waals surface area contributed by atoms with E-state index in [-0.39, 0.29) is 0 Å². The molecule has 0 spiro atoms. The van der Waals surface area contributed by atoms with Crippen molar-refractivity contribution in [1.29, 1.82) is 0 Å². The Bertz CT molecular complexity index is 302. The molecule has 1 aliphatic carbocycles. The van der Waals surface area contributed by atoms with Crippen LogP contribution in [-0.4, -0.2) is 5.78 Å². The van der Waals surface area contributed by atoms with E-state index in [1.807, 2.05) is 25.1 Å². The van der Waals surface area contributed by atoms with Gasteiger partial charge in [0.05, 0.1) is 0 Å². The fraction of sp³-hybridized carbons (Fsp3) is 0.417. The van der Waals surface area contributed by atoms with E-state index in [0.29, 0.717) is 24.0 Å². The Kier molecular flexibility index (Phi) is 2.17. The van der Waals surface area contributed by atoms with Crippen LogP contribution in [-0.2, 0) is 4.79 Å². The normalized spacial score (nSPS) is 25.6. The average Bonchev–Trinajstić information content (AvgIpc) is 2.98. The summed E-state index contributed by atoms with van der Waals surface area (Å²) in [5.74, 6) is 1.27. The Balaban J connectivity index is 2.04. The molecule has 2 atom stereocenters. The van der Waals surface area contributed by atoms with Gasteiger partial charge in [0.2, 0.25) is 0 Å². The second-order valence-electron chi connectivity index (χ2n) is 3.68. The van der Waals surface area contributed by atoms with E-state index in [1.165, 1.54) is 5.56 Å². The molecule has 0 radical (unpaired) electrons. The quantitative estimate of drug-likeness (QED) is 0.688. The number of rotatable bonds is 3. The van der Waals surface area contributed by atoms with Crippen LogP contribution in [0.1, 0.15) is 31.2 Å². The minimum atomic E-state index is 0.326. The van der Waals surface area contributed by atoms with Gasteiger partial charge in [-0.15, -0.1) is 0 Å². The third-order valence-electron chi connectivity index (χ3n) is 2.78. The minimum absolute atomic E-state index is 0.326. The van der Waals surface area contributed by atoms with Gasteiger partial charge in [0, 0.05) is 12.3 Å². The zero-order chi connectivity index (χ0) is 9.26. The molecule has 1 aliphatic rings. The Morgan fingerprint density at radius 1 is 1.38 bits per heavy atom. The van der Waals surface area contributed by atoms with Gasteiger partial charge in [-0.2, -0.15) is 0 Å². The molecule has 1 unspecified atom stereocenters. The number of hydrogen-bond donors (Lipinski definition) is 0. The lowest BCUT2D eigenvalue weighted by Gasteiger charge is -1.97. The summed E-state index contributed by atoms with van der Waals surface area (Å²) in [4.78, 5) is 11.4. The molecule has 1 saturated carbocycles. The summed E-state index contributed by atoms with van der Waals surface area (Å²) >= 11 is 0. The summed E-state index contributed by atoms with van der Waals surface area (Å²) in [6.45, 7) is 1.95. The fourth-order valence-electron chi connectivity index (χ4n) is 1.88. The lowest BCUT2D eigenvalue weighted by Crippen LogP contribution is -1.99. The summed E-state index contributed by atoms with van der Waals surface area (Å²) < 4.78 is 0. The van der Waals surface area contributed by atoms with Crippen LogP contribution >= 0.6 is 0 Å². The van der Waals surface area contributed by atoms with Crippen molar-refractivity contribution < 1.29 is 4.79 Å². The van der Waals surface area contributed by atoms with Crippen LogP contribution in [0, 0.1) is 5.92 Å². The fourth-order valence-corrected chi connectivity index (χ4v) is 1.88. The van der Waals surface area contributed by atoms with Gasteiger partial charge in [0.1, 0.15) is 5.78 Å². The van der Waals surface area contributed by atoms with Gasteiger partial charge in [-0.25, -0.2) is 0 Å². The first-order valence-corrected chi connectivity index (χ1v) is 4.90. The van der Waals surface area contributed by atoms with E-state index in [1.54, 1.807) is 0 Å². The van der Waals surface area contributed by atoms with Crippen LogP contribution in [0.3, 0.4) is 0 Å². The second-order valence-corrected chi connectivity index (χ2v) is 3.68. The first-order chi connectivity index (χ1) is 6.33. The van der Waals surface area contributed by atoms with Crippen LogP contribution in [0.15, 0.2) is 30.3 Å². The molecule has 0 heterocycles. The molecule has 1 nitrogen and oxygen atoms in total. The topological polar surface area (TPSA) is 17.1 Å².